The van der Waals surface area contributed by atoms with Crippen molar-refractivity contribution >= 4 is 17.7 Å². The van der Waals surface area contributed by atoms with E-state index in [4.69, 9.17) is 5.11 Å². The first kappa shape index (κ1) is 15.6. The number of carbonyl (C=O) groups excluding carboxylic acids is 1. The Labute approximate surface area is 128 Å². The summed E-state index contributed by atoms with van der Waals surface area (Å²) in [6.07, 6.45) is 1.67. The molecule has 0 atom stereocenters. The summed E-state index contributed by atoms with van der Waals surface area (Å²) < 4.78 is 1.87. The molecule has 0 saturated heterocycles. The molecular weight excluding hydrogens is 286 g/mol. The van der Waals surface area contributed by atoms with Gasteiger partial charge in [0.2, 0.25) is 0 Å². The molecule has 112 valence electrons. The van der Waals surface area contributed by atoms with Crippen LogP contribution >= 0.6 is 11.8 Å². The molecule has 0 aliphatic heterocycles. The van der Waals surface area contributed by atoms with Crippen LogP contribution in [0.1, 0.15) is 21.6 Å². The monoisotopic (exact) mass is 305 g/mol. The van der Waals surface area contributed by atoms with Crippen molar-refractivity contribution in [2.75, 3.05) is 14.1 Å². The molecule has 1 aromatic carbocycles. The molecule has 0 radical (unpaired) electrons. The smallest absolute Gasteiger partial charge is 0.253 e. The van der Waals surface area contributed by atoms with Crippen LogP contribution in [0.5, 0.6) is 0 Å². The Kier molecular flexibility index (Phi) is 5.03. The number of imidazole rings is 1. The second kappa shape index (κ2) is 6.78. The molecule has 21 heavy (non-hydrogen) atoms. The van der Waals surface area contributed by atoms with Gasteiger partial charge in [0.1, 0.15) is 0 Å². The molecule has 0 aliphatic carbocycles. The lowest BCUT2D eigenvalue weighted by molar-refractivity contribution is 0.0827. The van der Waals surface area contributed by atoms with E-state index in [-0.39, 0.29) is 12.5 Å². The van der Waals surface area contributed by atoms with Gasteiger partial charge in [-0.15, -0.1) is 0 Å². The van der Waals surface area contributed by atoms with Crippen LogP contribution in [-0.4, -0.2) is 39.6 Å². The maximum atomic E-state index is 11.9. The van der Waals surface area contributed by atoms with Gasteiger partial charge in [-0.3, -0.25) is 4.79 Å². The van der Waals surface area contributed by atoms with Crippen molar-refractivity contribution in [2.45, 2.75) is 17.5 Å². The molecule has 0 fully saturated rings. The van der Waals surface area contributed by atoms with Gasteiger partial charge in [-0.25, -0.2) is 4.98 Å². The van der Waals surface area contributed by atoms with Crippen LogP contribution in [0.2, 0.25) is 0 Å². The maximum Gasteiger partial charge on any atom is 0.253 e. The van der Waals surface area contributed by atoms with Crippen LogP contribution in [0.25, 0.3) is 0 Å². The van der Waals surface area contributed by atoms with Crippen LogP contribution in [0.4, 0.5) is 0 Å². The maximum absolute atomic E-state index is 11.9. The highest BCUT2D eigenvalue weighted by Gasteiger charge is 2.10. The molecule has 6 heteroatoms. The first-order chi connectivity index (χ1) is 10.0. The first-order valence-electron chi connectivity index (χ1n) is 6.57. The number of aliphatic hydroxyl groups is 1. The molecule has 1 amide bonds. The number of aliphatic hydroxyl groups excluding tert-OH is 1. The Bertz CT molecular complexity index is 638. The average Bonchev–Trinajstić information content (AvgIpc) is 2.84. The number of hydrogen-bond donors (Lipinski definition) is 1. The number of rotatable bonds is 5. The topological polar surface area (TPSA) is 58.4 Å². The van der Waals surface area contributed by atoms with Gasteiger partial charge in [-0.1, -0.05) is 23.9 Å². The van der Waals surface area contributed by atoms with E-state index in [1.165, 1.54) is 0 Å². The Hall–Kier alpha value is -1.79. The second-order valence-electron chi connectivity index (χ2n) is 4.94. The summed E-state index contributed by atoms with van der Waals surface area (Å²) in [5, 5.41) is 10.0. The summed E-state index contributed by atoms with van der Waals surface area (Å²) in [7, 11) is 5.37. The van der Waals surface area contributed by atoms with Gasteiger partial charge >= 0.3 is 0 Å². The molecule has 0 unspecified atom stereocenters. The highest BCUT2D eigenvalue weighted by atomic mass is 32.2. The van der Waals surface area contributed by atoms with Gasteiger partial charge in [0.15, 0.2) is 5.16 Å². The summed E-state index contributed by atoms with van der Waals surface area (Å²) in [6.45, 7) is -0.0170. The molecule has 0 bridgehead atoms. The Morgan fingerprint density at radius 1 is 1.43 bits per heavy atom. The van der Waals surface area contributed by atoms with Crippen molar-refractivity contribution in [1.29, 1.82) is 0 Å². The van der Waals surface area contributed by atoms with E-state index in [0.717, 1.165) is 22.2 Å². The van der Waals surface area contributed by atoms with Gasteiger partial charge in [0, 0.05) is 32.5 Å². The van der Waals surface area contributed by atoms with Gasteiger partial charge < -0.3 is 14.6 Å². The molecule has 0 spiro atoms. The molecule has 1 aromatic heterocycles. The minimum atomic E-state index is -0.0170. The van der Waals surface area contributed by atoms with Gasteiger partial charge in [-0.2, -0.15) is 0 Å². The number of amides is 1. The molecule has 2 aromatic rings. The molecule has 1 heterocycles. The van der Waals surface area contributed by atoms with Crippen molar-refractivity contribution in [3.8, 4) is 0 Å². The van der Waals surface area contributed by atoms with E-state index in [0.29, 0.717) is 5.56 Å². The van der Waals surface area contributed by atoms with Crippen molar-refractivity contribution in [3.63, 3.8) is 0 Å². The van der Waals surface area contributed by atoms with Crippen LogP contribution in [-0.2, 0) is 19.4 Å². The molecule has 1 N–H and O–H groups in total. The van der Waals surface area contributed by atoms with Crippen molar-refractivity contribution in [1.82, 2.24) is 14.5 Å². The normalized spacial score (nSPS) is 10.7. The molecular formula is C15H19N3O2S. The van der Waals surface area contributed by atoms with E-state index in [1.807, 2.05) is 35.9 Å². The SMILES string of the molecule is CN(C)C(=O)c1cccc(CSc2ncc(CO)n2C)c1. The average molecular weight is 305 g/mol. The van der Waals surface area contributed by atoms with Gasteiger partial charge in [0.05, 0.1) is 18.5 Å². The quantitative estimate of drug-likeness (QED) is 0.857. The Morgan fingerprint density at radius 3 is 2.81 bits per heavy atom. The fraction of sp³-hybridized carbons (Fsp3) is 0.333. The van der Waals surface area contributed by atoms with Crippen molar-refractivity contribution < 1.29 is 9.90 Å². The lowest BCUT2D eigenvalue weighted by Crippen LogP contribution is -2.21. The summed E-state index contributed by atoms with van der Waals surface area (Å²) >= 11 is 1.58. The summed E-state index contributed by atoms with van der Waals surface area (Å²) in [5.74, 6) is 0.728. The zero-order valence-electron chi connectivity index (χ0n) is 12.4. The van der Waals surface area contributed by atoms with E-state index in [1.54, 1.807) is 37.0 Å². The lowest BCUT2D eigenvalue weighted by atomic mass is 10.1. The predicted molar refractivity (Wildman–Crippen MR) is 83.2 cm³/mol. The van der Waals surface area contributed by atoms with Crippen LogP contribution in [0.15, 0.2) is 35.6 Å². The Morgan fingerprint density at radius 2 is 2.19 bits per heavy atom. The fourth-order valence-corrected chi connectivity index (χ4v) is 2.82. The standard InChI is InChI=1S/C15H19N3O2S/c1-17(2)14(20)12-6-4-5-11(7-12)10-21-15-16-8-13(9-19)18(15)3/h4-8,19H,9-10H2,1-3H3. The van der Waals surface area contributed by atoms with Gasteiger partial charge in [-0.05, 0) is 17.7 Å². The first-order valence-corrected chi connectivity index (χ1v) is 7.56. The molecule has 0 aliphatic rings. The Balaban J connectivity index is 2.08. The number of carbonyl (C=O) groups is 1. The largest absolute Gasteiger partial charge is 0.390 e. The second-order valence-corrected chi connectivity index (χ2v) is 5.88. The molecule has 2 rings (SSSR count). The fourth-order valence-electron chi connectivity index (χ4n) is 1.91. The third kappa shape index (κ3) is 3.65. The number of thioether (sulfide) groups is 1. The molecule has 0 saturated carbocycles. The zero-order chi connectivity index (χ0) is 15.4. The van der Waals surface area contributed by atoms with Crippen LogP contribution < -0.4 is 0 Å². The van der Waals surface area contributed by atoms with E-state index >= 15 is 0 Å². The summed E-state index contributed by atoms with van der Waals surface area (Å²) in [5.41, 5.74) is 2.55. The lowest BCUT2D eigenvalue weighted by Gasteiger charge is -2.11. The molecule has 5 nitrogen and oxygen atoms in total. The highest BCUT2D eigenvalue weighted by molar-refractivity contribution is 7.98. The van der Waals surface area contributed by atoms with Crippen LogP contribution in [0, 0.1) is 0 Å². The minimum Gasteiger partial charge on any atom is -0.390 e. The third-order valence-corrected chi connectivity index (χ3v) is 4.27. The number of aromatic nitrogens is 2. The predicted octanol–water partition coefficient (Wildman–Crippen LogP) is 1.91. The zero-order valence-corrected chi connectivity index (χ0v) is 13.2. The highest BCUT2D eigenvalue weighted by Crippen LogP contribution is 2.22. The third-order valence-electron chi connectivity index (χ3n) is 3.15. The van der Waals surface area contributed by atoms with E-state index < -0.39 is 0 Å². The van der Waals surface area contributed by atoms with E-state index in [9.17, 15) is 4.79 Å². The van der Waals surface area contributed by atoms with Crippen LogP contribution in [0.3, 0.4) is 0 Å². The van der Waals surface area contributed by atoms with Crippen molar-refractivity contribution in [3.05, 3.63) is 47.3 Å². The van der Waals surface area contributed by atoms with E-state index in [2.05, 4.69) is 4.98 Å². The summed E-state index contributed by atoms with van der Waals surface area (Å²) in [6, 6.07) is 7.62. The van der Waals surface area contributed by atoms with Gasteiger partial charge in [0.25, 0.3) is 5.91 Å². The summed E-state index contributed by atoms with van der Waals surface area (Å²) in [4.78, 5) is 17.8. The number of benzene rings is 1. The van der Waals surface area contributed by atoms with Crippen molar-refractivity contribution in [2.24, 2.45) is 7.05 Å². The minimum absolute atomic E-state index is 0.00130. The number of nitrogens with zero attached hydrogens (tertiary/aromatic N) is 3. The number of hydrogen-bond acceptors (Lipinski definition) is 4.